The van der Waals surface area contributed by atoms with Crippen molar-refractivity contribution in [3.8, 4) is 0 Å². The van der Waals surface area contributed by atoms with Crippen LogP contribution in [0.5, 0.6) is 0 Å². The number of hydrogen-bond donors (Lipinski definition) is 1. The molecule has 0 aliphatic rings. The number of benzene rings is 1. The maximum Gasteiger partial charge on any atom is 0.417 e. The first kappa shape index (κ1) is 17.1. The smallest absolute Gasteiger partial charge is 0.417 e. The fourth-order valence-corrected chi connectivity index (χ4v) is 1.89. The van der Waals surface area contributed by atoms with Crippen LogP contribution in [0.1, 0.15) is 29.2 Å². The summed E-state index contributed by atoms with van der Waals surface area (Å²) in [5, 5.41) is 8.41. The molecular weight excluding hydrogens is 302 g/mol. The van der Waals surface area contributed by atoms with Gasteiger partial charge in [0, 0.05) is 6.08 Å². The minimum Gasteiger partial charge on any atom is -0.478 e. The summed E-state index contributed by atoms with van der Waals surface area (Å²) in [6.45, 7) is 1.30. The van der Waals surface area contributed by atoms with Gasteiger partial charge >= 0.3 is 18.3 Å². The van der Waals surface area contributed by atoms with E-state index < -0.39 is 40.6 Å². The molecule has 0 aromatic heterocycles. The van der Waals surface area contributed by atoms with Crippen LogP contribution in [-0.2, 0) is 23.6 Å². The molecule has 0 atom stereocenters. The lowest BCUT2D eigenvalue weighted by atomic mass is 9.93. The number of carbonyl (C=O) groups is 1. The summed E-state index contributed by atoms with van der Waals surface area (Å²) in [7, 11) is 0. The van der Waals surface area contributed by atoms with Crippen LogP contribution in [0.2, 0.25) is 0 Å². The van der Waals surface area contributed by atoms with E-state index >= 15 is 0 Å². The zero-order chi connectivity index (χ0) is 16.4. The molecule has 0 bridgehead atoms. The molecule has 1 aromatic carbocycles. The molecule has 0 saturated heterocycles. The number of hydrogen-bond acceptors (Lipinski definition) is 1. The van der Waals surface area contributed by atoms with E-state index in [0.29, 0.717) is 12.2 Å². The highest BCUT2D eigenvalue weighted by Gasteiger charge is 2.45. The van der Waals surface area contributed by atoms with Gasteiger partial charge in [-0.25, -0.2) is 4.79 Å². The lowest BCUT2D eigenvalue weighted by Crippen LogP contribution is -2.20. The number of halogens is 6. The van der Waals surface area contributed by atoms with Crippen LogP contribution in [0.4, 0.5) is 26.3 Å². The Bertz CT molecular complexity index is 569. The minimum absolute atomic E-state index is 0.235. The van der Waals surface area contributed by atoms with Crippen LogP contribution in [0, 0.1) is 0 Å². The molecule has 1 aromatic rings. The van der Waals surface area contributed by atoms with E-state index in [1.807, 2.05) is 0 Å². The highest BCUT2D eigenvalue weighted by molar-refractivity contribution is 5.85. The molecule has 0 radical (unpaired) electrons. The maximum absolute atomic E-state index is 13.0. The van der Waals surface area contributed by atoms with Gasteiger partial charge < -0.3 is 5.11 Å². The third kappa shape index (κ3) is 3.99. The van der Waals surface area contributed by atoms with Gasteiger partial charge in [-0.15, -0.1) is 0 Å². The Balaban J connectivity index is 3.73. The standard InChI is InChI=1S/C13H10F6O2/c1-2-7-3-4-8(5-6-9(20)21)11(13(17,18)19)10(7)12(14,15)16/h3-6H,2H2,1H3,(H,20,21)/b6-5+. The predicted octanol–water partition coefficient (Wildman–Crippen LogP) is 4.38. The molecule has 1 rings (SSSR count). The number of aliphatic carboxylic acids is 1. The highest BCUT2D eigenvalue weighted by atomic mass is 19.4. The van der Waals surface area contributed by atoms with Gasteiger partial charge in [-0.2, -0.15) is 26.3 Å². The number of carboxylic acid groups (broad SMARTS) is 1. The molecule has 0 aliphatic carbocycles. The fourth-order valence-electron chi connectivity index (χ4n) is 1.89. The van der Waals surface area contributed by atoms with Gasteiger partial charge in [0.05, 0.1) is 11.1 Å². The van der Waals surface area contributed by atoms with Crippen LogP contribution < -0.4 is 0 Å². The predicted molar refractivity (Wildman–Crippen MR) is 62.5 cm³/mol. The van der Waals surface area contributed by atoms with E-state index in [-0.39, 0.29) is 6.42 Å². The highest BCUT2D eigenvalue weighted by Crippen LogP contribution is 2.44. The van der Waals surface area contributed by atoms with Gasteiger partial charge in [-0.1, -0.05) is 19.1 Å². The fraction of sp³-hybridized carbons (Fsp3) is 0.308. The number of alkyl halides is 6. The van der Waals surface area contributed by atoms with Gasteiger partial charge in [-0.3, -0.25) is 0 Å². The van der Waals surface area contributed by atoms with Gasteiger partial charge in [0.2, 0.25) is 0 Å². The van der Waals surface area contributed by atoms with Crippen LogP contribution >= 0.6 is 0 Å². The lowest BCUT2D eigenvalue weighted by Gasteiger charge is -2.20. The van der Waals surface area contributed by atoms with E-state index in [9.17, 15) is 31.1 Å². The Labute approximate surface area is 115 Å². The second-order valence-corrected chi connectivity index (χ2v) is 4.08. The summed E-state index contributed by atoms with van der Waals surface area (Å²) in [6, 6.07) is 1.75. The van der Waals surface area contributed by atoms with E-state index in [2.05, 4.69) is 0 Å². The van der Waals surface area contributed by atoms with Crippen molar-refractivity contribution in [1.29, 1.82) is 0 Å². The summed E-state index contributed by atoms with van der Waals surface area (Å²) in [5.41, 5.74) is -4.98. The summed E-state index contributed by atoms with van der Waals surface area (Å²) >= 11 is 0. The normalized spacial score (nSPS) is 12.9. The molecule has 21 heavy (non-hydrogen) atoms. The third-order valence-electron chi connectivity index (χ3n) is 2.68. The summed E-state index contributed by atoms with van der Waals surface area (Å²) in [6.07, 6.45) is -9.82. The van der Waals surface area contributed by atoms with E-state index in [1.165, 1.54) is 6.92 Å². The van der Waals surface area contributed by atoms with E-state index in [0.717, 1.165) is 12.1 Å². The number of rotatable bonds is 3. The first-order chi connectivity index (χ1) is 9.48. The topological polar surface area (TPSA) is 37.3 Å². The monoisotopic (exact) mass is 312 g/mol. The molecule has 0 fully saturated rings. The van der Waals surface area contributed by atoms with Crippen molar-refractivity contribution >= 4 is 12.0 Å². The van der Waals surface area contributed by atoms with Gasteiger partial charge in [0.15, 0.2) is 0 Å². The summed E-state index contributed by atoms with van der Waals surface area (Å²) in [4.78, 5) is 10.3. The minimum atomic E-state index is -5.26. The molecule has 0 saturated carbocycles. The molecule has 0 spiro atoms. The summed E-state index contributed by atoms with van der Waals surface area (Å²) in [5.74, 6) is -1.56. The van der Waals surface area contributed by atoms with Crippen molar-refractivity contribution in [1.82, 2.24) is 0 Å². The van der Waals surface area contributed by atoms with Gasteiger partial charge in [0.25, 0.3) is 0 Å². The van der Waals surface area contributed by atoms with Crippen molar-refractivity contribution < 1.29 is 36.2 Å². The molecule has 2 nitrogen and oxygen atoms in total. The molecule has 8 heteroatoms. The zero-order valence-corrected chi connectivity index (χ0v) is 10.6. The van der Waals surface area contributed by atoms with Crippen LogP contribution in [0.25, 0.3) is 6.08 Å². The second kappa shape index (κ2) is 5.79. The van der Waals surface area contributed by atoms with Crippen molar-refractivity contribution in [3.05, 3.63) is 40.5 Å². The maximum atomic E-state index is 13.0. The Hall–Kier alpha value is -1.99. The van der Waals surface area contributed by atoms with E-state index in [1.54, 1.807) is 0 Å². The molecule has 0 aliphatic heterocycles. The van der Waals surface area contributed by atoms with E-state index in [4.69, 9.17) is 5.11 Å². The van der Waals surface area contributed by atoms with Crippen LogP contribution in [0.3, 0.4) is 0 Å². The Morgan fingerprint density at radius 3 is 2.00 bits per heavy atom. The molecule has 0 amide bonds. The SMILES string of the molecule is CCc1ccc(/C=C/C(=O)O)c(C(F)(F)F)c1C(F)(F)F. The van der Waals surface area contributed by atoms with Gasteiger partial charge in [0.1, 0.15) is 0 Å². The molecule has 116 valence electrons. The lowest BCUT2D eigenvalue weighted by molar-refractivity contribution is -0.162. The van der Waals surface area contributed by atoms with Crippen molar-refractivity contribution in [3.63, 3.8) is 0 Å². The number of carboxylic acids is 1. The average molecular weight is 312 g/mol. The largest absolute Gasteiger partial charge is 0.478 e. The Morgan fingerprint density at radius 2 is 1.62 bits per heavy atom. The number of aryl methyl sites for hydroxylation is 1. The molecule has 0 heterocycles. The average Bonchev–Trinajstić information content (AvgIpc) is 2.32. The van der Waals surface area contributed by atoms with Crippen LogP contribution in [0.15, 0.2) is 18.2 Å². The Kier molecular flexibility index (Phi) is 4.70. The quantitative estimate of drug-likeness (QED) is 0.664. The molecule has 0 unspecified atom stereocenters. The zero-order valence-electron chi connectivity index (χ0n) is 10.6. The van der Waals surface area contributed by atoms with Crippen molar-refractivity contribution in [2.75, 3.05) is 0 Å². The third-order valence-corrected chi connectivity index (χ3v) is 2.68. The van der Waals surface area contributed by atoms with Gasteiger partial charge in [-0.05, 0) is 23.6 Å². The second-order valence-electron chi connectivity index (χ2n) is 4.08. The molecular formula is C13H10F6O2. The van der Waals surface area contributed by atoms with Crippen molar-refractivity contribution in [2.24, 2.45) is 0 Å². The summed E-state index contributed by atoms with van der Waals surface area (Å²) < 4.78 is 77.9. The first-order valence-electron chi connectivity index (χ1n) is 5.69. The molecule has 1 N–H and O–H groups in total. The van der Waals surface area contributed by atoms with Crippen molar-refractivity contribution in [2.45, 2.75) is 25.7 Å². The van der Waals surface area contributed by atoms with Crippen LogP contribution in [-0.4, -0.2) is 11.1 Å². The first-order valence-corrected chi connectivity index (χ1v) is 5.69. The Morgan fingerprint density at radius 1 is 1.10 bits per heavy atom.